The van der Waals surface area contributed by atoms with Crippen LogP contribution in [0.25, 0.3) is 21.7 Å². The van der Waals surface area contributed by atoms with Crippen molar-refractivity contribution in [2.24, 2.45) is 0 Å². The first-order chi connectivity index (χ1) is 15.9. The minimum Gasteiger partial charge on any atom is -0.357 e. The molecule has 1 fully saturated rings. The quantitative estimate of drug-likeness (QED) is 0.315. The van der Waals surface area contributed by atoms with Crippen LogP contribution in [0.5, 0.6) is 0 Å². The molecule has 3 aromatic heterocycles. The minimum atomic E-state index is -0.182. The van der Waals surface area contributed by atoms with E-state index in [9.17, 15) is 4.79 Å². The van der Waals surface area contributed by atoms with Gasteiger partial charge >= 0.3 is 0 Å². The predicted molar refractivity (Wildman–Crippen MR) is 143 cm³/mol. The molecular weight excluding hydrogens is 430 g/mol. The second-order valence-corrected chi connectivity index (χ2v) is 9.63. The van der Waals surface area contributed by atoms with Crippen LogP contribution in [0.15, 0.2) is 55.0 Å². The molecule has 0 saturated carbocycles. The highest BCUT2D eigenvalue weighted by Crippen LogP contribution is 2.30. The normalized spacial score (nSPS) is 15.4. The Bertz CT molecular complexity index is 1280. The maximum atomic E-state index is 12.7. The van der Waals surface area contributed by atoms with Crippen molar-refractivity contribution in [2.45, 2.75) is 45.7 Å². The summed E-state index contributed by atoms with van der Waals surface area (Å²) in [5.41, 5.74) is 2.98. The second-order valence-electron chi connectivity index (χ2n) is 9.00. The molecule has 1 amide bonds. The molecule has 1 aromatic carbocycles. The molecule has 1 aliphatic rings. The molecular formula is C26H35N5OS. The van der Waals surface area contributed by atoms with Crippen LogP contribution in [0.3, 0.4) is 0 Å². The van der Waals surface area contributed by atoms with Crippen LogP contribution in [-0.2, 0) is 6.54 Å². The summed E-state index contributed by atoms with van der Waals surface area (Å²) >= 11 is 3.79. The van der Waals surface area contributed by atoms with Gasteiger partial charge in [-0.2, -0.15) is 12.6 Å². The molecule has 7 heteroatoms. The van der Waals surface area contributed by atoms with Gasteiger partial charge in [-0.05, 0) is 68.6 Å². The Labute approximate surface area is 203 Å². The first-order valence-corrected chi connectivity index (χ1v) is 12.0. The number of amides is 1. The Morgan fingerprint density at radius 2 is 2.00 bits per heavy atom. The third-order valence-corrected chi connectivity index (χ3v) is 6.14. The van der Waals surface area contributed by atoms with E-state index in [0.717, 1.165) is 40.5 Å². The summed E-state index contributed by atoms with van der Waals surface area (Å²) in [5.74, 6) is 1.30. The van der Waals surface area contributed by atoms with Crippen LogP contribution >= 0.6 is 12.6 Å². The molecule has 0 radical (unpaired) electrons. The van der Waals surface area contributed by atoms with Crippen LogP contribution in [0.4, 0.5) is 5.82 Å². The number of benzene rings is 1. The summed E-state index contributed by atoms with van der Waals surface area (Å²) in [7, 11) is 0. The van der Waals surface area contributed by atoms with Gasteiger partial charge in [0.05, 0.1) is 5.52 Å². The van der Waals surface area contributed by atoms with Crippen molar-refractivity contribution < 1.29 is 7.65 Å². The minimum absolute atomic E-state index is 0. The van der Waals surface area contributed by atoms with Crippen molar-refractivity contribution in [2.75, 3.05) is 17.6 Å². The molecule has 6 nitrogen and oxygen atoms in total. The fraction of sp³-hybridized carbons (Fsp3) is 0.346. The second kappa shape index (κ2) is 9.93. The van der Waals surface area contributed by atoms with Gasteiger partial charge in [-0.1, -0.05) is 13.0 Å². The summed E-state index contributed by atoms with van der Waals surface area (Å²) in [6.45, 7) is 8.63. The van der Waals surface area contributed by atoms with E-state index in [4.69, 9.17) is 0 Å². The highest BCUT2D eigenvalue weighted by Gasteiger charge is 2.31. The Morgan fingerprint density at radius 1 is 1.18 bits per heavy atom. The van der Waals surface area contributed by atoms with Crippen LogP contribution in [0.2, 0.25) is 0 Å². The zero-order valence-electron chi connectivity index (χ0n) is 19.4. The summed E-state index contributed by atoms with van der Waals surface area (Å²) in [6, 6.07) is 11.6. The van der Waals surface area contributed by atoms with Gasteiger partial charge in [0, 0.05) is 61.6 Å². The SMILES string of the molecule is CC1(C)CCCN1Cc1cc2cnc(NC(=O)c3ccc4ccncc4c3)cc2[nH]1.CCS.[HH].[HH]. The number of aromatic nitrogens is 3. The van der Waals surface area contributed by atoms with Crippen molar-refractivity contribution in [3.8, 4) is 0 Å². The lowest BCUT2D eigenvalue weighted by Gasteiger charge is -2.31. The van der Waals surface area contributed by atoms with Crippen molar-refractivity contribution in [1.82, 2.24) is 19.9 Å². The van der Waals surface area contributed by atoms with Gasteiger partial charge in [0.1, 0.15) is 5.82 Å². The zero-order valence-corrected chi connectivity index (χ0v) is 20.3. The summed E-state index contributed by atoms with van der Waals surface area (Å²) in [4.78, 5) is 27.3. The van der Waals surface area contributed by atoms with Gasteiger partial charge < -0.3 is 10.3 Å². The number of hydrogen-bond donors (Lipinski definition) is 3. The lowest BCUT2D eigenvalue weighted by atomic mass is 10.0. The summed E-state index contributed by atoms with van der Waals surface area (Å²) in [5, 5.41) is 5.96. The molecule has 2 N–H and O–H groups in total. The van der Waals surface area contributed by atoms with Gasteiger partial charge in [0.15, 0.2) is 0 Å². The van der Waals surface area contributed by atoms with Crippen molar-refractivity contribution in [1.29, 1.82) is 0 Å². The molecule has 1 aliphatic heterocycles. The number of anilines is 1. The lowest BCUT2D eigenvalue weighted by Crippen LogP contribution is -2.37. The van der Waals surface area contributed by atoms with E-state index in [-0.39, 0.29) is 14.3 Å². The topological polar surface area (TPSA) is 73.9 Å². The number of carbonyl (C=O) groups excluding carboxylic acids is 1. The molecule has 33 heavy (non-hydrogen) atoms. The van der Waals surface area contributed by atoms with E-state index >= 15 is 0 Å². The molecule has 0 spiro atoms. The zero-order chi connectivity index (χ0) is 23.4. The Morgan fingerprint density at radius 3 is 2.76 bits per heavy atom. The monoisotopic (exact) mass is 465 g/mol. The van der Waals surface area contributed by atoms with Gasteiger partial charge in [0.25, 0.3) is 5.91 Å². The Kier molecular flexibility index (Phi) is 7.00. The Hall–Kier alpha value is -2.90. The number of carbonyl (C=O) groups is 1. The average molecular weight is 466 g/mol. The van der Waals surface area contributed by atoms with Gasteiger partial charge in [-0.25, -0.2) is 4.98 Å². The maximum Gasteiger partial charge on any atom is 0.256 e. The van der Waals surface area contributed by atoms with Crippen LogP contribution in [0.1, 0.15) is 52.5 Å². The summed E-state index contributed by atoms with van der Waals surface area (Å²) in [6.07, 6.45) is 7.80. The number of H-pyrrole nitrogens is 1. The standard InChI is InChI=1S/C24H25N5O.C2H6S.2H2/c1-24(2)7-3-9-29(24)15-20-11-19-14-26-22(12-21(19)27-20)28-23(30)17-5-4-16-6-8-25-13-18(16)10-17;1-2-3;;/h4-6,8,10-14,27H,3,7,9,15H2,1-2H3,(H,26,28,30);3H,2H2,1H3;2*1H. The number of fused-ring (bicyclic) bond motifs is 2. The molecule has 0 atom stereocenters. The third kappa shape index (κ3) is 5.37. The lowest BCUT2D eigenvalue weighted by molar-refractivity contribution is 0.102. The van der Waals surface area contributed by atoms with E-state index in [2.05, 4.69) is 57.7 Å². The third-order valence-electron chi connectivity index (χ3n) is 6.14. The number of hydrogen-bond acceptors (Lipinski definition) is 5. The molecule has 0 bridgehead atoms. The number of likely N-dealkylation sites (tertiary alicyclic amines) is 1. The number of thiol groups is 1. The number of rotatable bonds is 4. The average Bonchev–Trinajstić information content (AvgIpc) is 3.35. The smallest absolute Gasteiger partial charge is 0.256 e. The molecule has 5 rings (SSSR count). The van der Waals surface area contributed by atoms with Crippen molar-refractivity contribution in [3.05, 3.63) is 66.2 Å². The highest BCUT2D eigenvalue weighted by atomic mass is 32.1. The number of nitrogens with zero attached hydrogens (tertiary/aromatic N) is 3. The Balaban J connectivity index is 0.000000823. The fourth-order valence-electron chi connectivity index (χ4n) is 4.32. The summed E-state index contributed by atoms with van der Waals surface area (Å²) < 4.78 is 0. The maximum absolute atomic E-state index is 12.7. The number of nitrogens with one attached hydrogen (secondary N) is 2. The highest BCUT2D eigenvalue weighted by molar-refractivity contribution is 7.80. The van der Waals surface area contributed by atoms with E-state index in [1.165, 1.54) is 18.5 Å². The fourth-order valence-corrected chi connectivity index (χ4v) is 4.32. The van der Waals surface area contributed by atoms with E-state index < -0.39 is 0 Å². The van der Waals surface area contributed by atoms with Gasteiger partial charge in [-0.15, -0.1) is 0 Å². The van der Waals surface area contributed by atoms with Crippen LogP contribution < -0.4 is 5.32 Å². The predicted octanol–water partition coefficient (Wildman–Crippen LogP) is 6.17. The van der Waals surface area contributed by atoms with Gasteiger partial charge in [-0.3, -0.25) is 14.7 Å². The van der Waals surface area contributed by atoms with Crippen molar-refractivity contribution >= 4 is 46.0 Å². The molecule has 0 unspecified atom stereocenters. The molecule has 1 saturated heterocycles. The molecule has 4 aromatic rings. The first kappa shape index (κ1) is 23.3. The van der Waals surface area contributed by atoms with Crippen molar-refractivity contribution in [3.63, 3.8) is 0 Å². The van der Waals surface area contributed by atoms with Crippen LogP contribution in [-0.4, -0.2) is 43.6 Å². The van der Waals surface area contributed by atoms with E-state index in [1.54, 1.807) is 12.4 Å². The largest absolute Gasteiger partial charge is 0.357 e. The van der Waals surface area contributed by atoms with E-state index in [0.29, 0.717) is 11.4 Å². The molecule has 0 aliphatic carbocycles. The van der Waals surface area contributed by atoms with Crippen LogP contribution in [0, 0.1) is 0 Å². The molecule has 4 heterocycles. The van der Waals surface area contributed by atoms with E-state index in [1.807, 2.05) is 43.5 Å². The molecule has 176 valence electrons. The number of aromatic amines is 1. The van der Waals surface area contributed by atoms with Gasteiger partial charge in [0.2, 0.25) is 0 Å². The number of pyridine rings is 2. The first-order valence-electron chi connectivity index (χ1n) is 11.4.